The van der Waals surface area contributed by atoms with Crippen molar-refractivity contribution < 1.29 is 19.1 Å². The number of carbonyl (C=O) groups excluding carboxylic acids is 3. The van der Waals surface area contributed by atoms with Crippen LogP contribution in [0.3, 0.4) is 0 Å². The molecule has 0 saturated heterocycles. The van der Waals surface area contributed by atoms with Crippen molar-refractivity contribution in [2.45, 2.75) is 44.4 Å². The van der Waals surface area contributed by atoms with E-state index in [1.54, 1.807) is 4.90 Å². The Morgan fingerprint density at radius 3 is 1.86 bits per heavy atom. The maximum Gasteiger partial charge on any atom is 0.407 e. The van der Waals surface area contributed by atoms with Crippen LogP contribution >= 0.6 is 15.9 Å². The number of hydrogen-bond donors (Lipinski definition) is 2. The predicted octanol–water partition coefficient (Wildman–Crippen LogP) is 6.73. The zero-order valence-corrected chi connectivity index (χ0v) is 25.7. The second-order valence-electron chi connectivity index (χ2n) is 10.3. The minimum atomic E-state index is -0.914. The molecule has 0 aromatic heterocycles. The van der Waals surface area contributed by atoms with E-state index in [4.69, 9.17) is 10.5 Å². The van der Waals surface area contributed by atoms with Crippen molar-refractivity contribution in [1.82, 2.24) is 10.2 Å². The molecule has 4 aromatic carbocycles. The van der Waals surface area contributed by atoms with Crippen LogP contribution < -0.4 is 11.1 Å². The third-order valence-electron chi connectivity index (χ3n) is 7.34. The summed E-state index contributed by atoms with van der Waals surface area (Å²) in [5.41, 5.74) is 9.38. The first-order valence-corrected chi connectivity index (χ1v) is 15.1. The topological polar surface area (TPSA) is 102 Å². The lowest BCUT2D eigenvalue weighted by Crippen LogP contribution is -2.51. The van der Waals surface area contributed by atoms with Crippen molar-refractivity contribution in [3.63, 3.8) is 0 Å². The molecule has 0 saturated carbocycles. The number of alkyl carbamates (subject to hydrolysis) is 1. The minimum Gasteiger partial charge on any atom is -0.445 e. The Labute approximate surface area is 261 Å². The first-order valence-electron chi connectivity index (χ1n) is 14.3. The number of amides is 3. The van der Waals surface area contributed by atoms with Gasteiger partial charge in [0.2, 0.25) is 11.8 Å². The Hall–Kier alpha value is -4.43. The van der Waals surface area contributed by atoms with E-state index in [0.717, 1.165) is 26.7 Å². The normalized spacial score (nSPS) is 12.3. The number of nitrogens with zero attached hydrogens (tertiary/aromatic N) is 1. The standard InChI is InChI=1S/C35H36BrN3O4/c1-25(27-19-21-30(36)22-20-27)39(34(41)32(28-14-7-3-8-15-28)29-16-9-4-10-17-29)31(33(37)40)18-11-23-38-35(42)43-24-26-12-5-2-6-13-26/h2-10,12-17,19-22,25,31-32H,11,18,23-24H2,1H3,(H2,37,40)(H,38,42)/t25-,31-/m1/s1. The van der Waals surface area contributed by atoms with Crippen LogP contribution in [0.25, 0.3) is 0 Å². The van der Waals surface area contributed by atoms with Crippen LogP contribution in [-0.2, 0) is 20.9 Å². The highest BCUT2D eigenvalue weighted by Crippen LogP contribution is 2.33. The number of rotatable bonds is 13. The molecule has 43 heavy (non-hydrogen) atoms. The summed E-state index contributed by atoms with van der Waals surface area (Å²) in [4.78, 5) is 41.6. The summed E-state index contributed by atoms with van der Waals surface area (Å²) in [6.45, 7) is 2.32. The maximum absolute atomic E-state index is 14.7. The molecule has 4 aromatic rings. The third kappa shape index (κ3) is 8.78. The van der Waals surface area contributed by atoms with Gasteiger partial charge in [-0.1, -0.05) is 119 Å². The van der Waals surface area contributed by atoms with Crippen molar-refractivity contribution in [1.29, 1.82) is 0 Å². The van der Waals surface area contributed by atoms with Gasteiger partial charge in [-0.25, -0.2) is 4.79 Å². The zero-order valence-electron chi connectivity index (χ0n) is 24.1. The summed E-state index contributed by atoms with van der Waals surface area (Å²) in [5, 5.41) is 2.74. The molecular weight excluding hydrogens is 606 g/mol. The molecule has 3 N–H and O–H groups in total. The summed E-state index contributed by atoms with van der Waals surface area (Å²) in [6.07, 6.45) is 0.118. The molecule has 7 nitrogen and oxygen atoms in total. The quantitative estimate of drug-likeness (QED) is 0.158. The predicted molar refractivity (Wildman–Crippen MR) is 171 cm³/mol. The Morgan fingerprint density at radius 1 is 0.791 bits per heavy atom. The van der Waals surface area contributed by atoms with E-state index in [-0.39, 0.29) is 25.5 Å². The number of ether oxygens (including phenoxy) is 1. The Balaban J connectivity index is 1.56. The largest absolute Gasteiger partial charge is 0.445 e. The smallest absolute Gasteiger partial charge is 0.407 e. The first kappa shape index (κ1) is 31.5. The first-order chi connectivity index (χ1) is 20.8. The van der Waals surface area contributed by atoms with Crippen LogP contribution in [0.15, 0.2) is 120 Å². The summed E-state index contributed by atoms with van der Waals surface area (Å²) < 4.78 is 6.20. The van der Waals surface area contributed by atoms with Gasteiger partial charge in [-0.2, -0.15) is 0 Å². The molecule has 0 fully saturated rings. The number of halogens is 1. The summed E-state index contributed by atoms with van der Waals surface area (Å²) in [6, 6.07) is 34.8. The molecule has 0 heterocycles. The molecule has 0 radical (unpaired) electrons. The molecule has 0 aliphatic heterocycles. The molecule has 0 spiro atoms. The van der Waals surface area contributed by atoms with Crippen LogP contribution in [-0.4, -0.2) is 35.4 Å². The van der Waals surface area contributed by atoms with Crippen LogP contribution in [0.2, 0.25) is 0 Å². The monoisotopic (exact) mass is 641 g/mol. The molecule has 0 bridgehead atoms. The van der Waals surface area contributed by atoms with E-state index < -0.39 is 30.0 Å². The number of primary amides is 1. The van der Waals surface area contributed by atoms with E-state index in [1.807, 2.05) is 122 Å². The zero-order chi connectivity index (χ0) is 30.6. The lowest BCUT2D eigenvalue weighted by Gasteiger charge is -2.38. The highest BCUT2D eigenvalue weighted by atomic mass is 79.9. The van der Waals surface area contributed by atoms with Crippen molar-refractivity contribution >= 4 is 33.8 Å². The fraction of sp³-hybridized carbons (Fsp3) is 0.229. The van der Waals surface area contributed by atoms with Crippen molar-refractivity contribution in [3.8, 4) is 0 Å². The van der Waals surface area contributed by atoms with Gasteiger partial charge in [0, 0.05) is 11.0 Å². The second-order valence-corrected chi connectivity index (χ2v) is 11.2. The van der Waals surface area contributed by atoms with Gasteiger partial charge in [0.05, 0.1) is 12.0 Å². The average Bonchev–Trinajstić information content (AvgIpc) is 3.03. The fourth-order valence-electron chi connectivity index (χ4n) is 5.11. The molecule has 0 aliphatic rings. The number of carbonyl (C=O) groups is 3. The SMILES string of the molecule is C[C@H](c1ccc(Br)cc1)N(C(=O)C(c1ccccc1)c1ccccc1)[C@H](CCCNC(=O)OCc1ccccc1)C(N)=O. The van der Waals surface area contributed by atoms with Crippen LogP contribution in [0.5, 0.6) is 0 Å². The maximum atomic E-state index is 14.7. The number of nitrogens with two attached hydrogens (primary N) is 1. The highest BCUT2D eigenvalue weighted by molar-refractivity contribution is 9.10. The van der Waals surface area contributed by atoms with Gasteiger partial charge in [0.15, 0.2) is 0 Å². The Bertz CT molecular complexity index is 1430. The molecular formula is C35H36BrN3O4. The van der Waals surface area contributed by atoms with E-state index in [0.29, 0.717) is 6.42 Å². The second kappa shape index (κ2) is 15.7. The highest BCUT2D eigenvalue weighted by Gasteiger charge is 2.37. The average molecular weight is 643 g/mol. The van der Waals surface area contributed by atoms with E-state index in [2.05, 4.69) is 21.2 Å². The van der Waals surface area contributed by atoms with Crippen molar-refractivity contribution in [2.75, 3.05) is 6.54 Å². The lowest BCUT2D eigenvalue weighted by atomic mass is 9.88. The van der Waals surface area contributed by atoms with Crippen LogP contribution in [0, 0.1) is 0 Å². The molecule has 2 atom stereocenters. The van der Waals surface area contributed by atoms with Gasteiger partial charge < -0.3 is 20.7 Å². The number of nitrogens with one attached hydrogen (secondary N) is 1. The van der Waals surface area contributed by atoms with Crippen molar-refractivity contribution in [3.05, 3.63) is 142 Å². The molecule has 222 valence electrons. The Morgan fingerprint density at radius 2 is 1.33 bits per heavy atom. The Kier molecular flexibility index (Phi) is 11.5. The van der Waals surface area contributed by atoms with E-state index in [1.165, 1.54) is 0 Å². The third-order valence-corrected chi connectivity index (χ3v) is 7.87. The van der Waals surface area contributed by atoms with Crippen LogP contribution in [0.4, 0.5) is 4.79 Å². The van der Waals surface area contributed by atoms with Crippen LogP contribution in [0.1, 0.15) is 54.0 Å². The van der Waals surface area contributed by atoms with Gasteiger partial charge in [0.25, 0.3) is 0 Å². The number of hydrogen-bond acceptors (Lipinski definition) is 4. The molecule has 3 amide bonds. The van der Waals surface area contributed by atoms with E-state index >= 15 is 0 Å². The van der Waals surface area contributed by atoms with Gasteiger partial charge in [0.1, 0.15) is 12.6 Å². The van der Waals surface area contributed by atoms with Crippen molar-refractivity contribution in [2.24, 2.45) is 5.73 Å². The van der Waals surface area contributed by atoms with E-state index in [9.17, 15) is 14.4 Å². The summed E-state index contributed by atoms with van der Waals surface area (Å²) >= 11 is 3.48. The van der Waals surface area contributed by atoms with Gasteiger partial charge >= 0.3 is 6.09 Å². The minimum absolute atomic E-state index is 0.157. The molecule has 0 unspecified atom stereocenters. The molecule has 8 heteroatoms. The fourth-order valence-corrected chi connectivity index (χ4v) is 5.38. The summed E-state index contributed by atoms with van der Waals surface area (Å²) in [7, 11) is 0. The van der Waals surface area contributed by atoms with Gasteiger partial charge in [-0.05, 0) is 54.2 Å². The number of benzene rings is 4. The van der Waals surface area contributed by atoms with Gasteiger partial charge in [-0.3, -0.25) is 9.59 Å². The van der Waals surface area contributed by atoms with Gasteiger partial charge in [-0.15, -0.1) is 0 Å². The molecule has 4 rings (SSSR count). The lowest BCUT2D eigenvalue weighted by molar-refractivity contribution is -0.142. The molecule has 0 aliphatic carbocycles. The summed E-state index contributed by atoms with van der Waals surface area (Å²) in [5.74, 6) is -1.48.